The molecule has 0 N–H and O–H groups in total. The third kappa shape index (κ3) is 3.65. The Balaban J connectivity index is 2.01. The second kappa shape index (κ2) is 5.63. The molecule has 0 radical (unpaired) electrons. The number of carbonyl (C=O) groups is 1. The second-order valence-electron chi connectivity index (χ2n) is 4.48. The Morgan fingerprint density at radius 1 is 1.17 bits per heavy atom. The van der Waals surface area contributed by atoms with Crippen molar-refractivity contribution in [1.29, 1.82) is 0 Å². The summed E-state index contributed by atoms with van der Waals surface area (Å²) in [5, 5.41) is 0. The van der Waals surface area contributed by atoms with Crippen LogP contribution in [-0.4, -0.2) is 20.3 Å². The SMILES string of the molecule is O=C1CCCCC1OS(=O)(=O)Cc1ccccc1. The lowest BCUT2D eigenvalue weighted by atomic mass is 9.97. The van der Waals surface area contributed by atoms with Gasteiger partial charge in [-0.15, -0.1) is 0 Å². The Morgan fingerprint density at radius 2 is 1.89 bits per heavy atom. The van der Waals surface area contributed by atoms with Crippen LogP contribution >= 0.6 is 0 Å². The van der Waals surface area contributed by atoms with Gasteiger partial charge in [0.15, 0.2) is 5.78 Å². The summed E-state index contributed by atoms with van der Waals surface area (Å²) in [5.74, 6) is -0.282. The molecular weight excluding hydrogens is 252 g/mol. The third-order valence-electron chi connectivity index (χ3n) is 2.95. The Hall–Kier alpha value is -1.20. The fourth-order valence-electron chi connectivity index (χ4n) is 2.04. The molecule has 0 spiro atoms. The number of carbonyl (C=O) groups excluding carboxylic acids is 1. The minimum Gasteiger partial charge on any atom is -0.297 e. The van der Waals surface area contributed by atoms with Crippen molar-refractivity contribution in [2.75, 3.05) is 0 Å². The van der Waals surface area contributed by atoms with Crippen LogP contribution in [0.2, 0.25) is 0 Å². The first-order chi connectivity index (χ1) is 8.57. The quantitative estimate of drug-likeness (QED) is 0.784. The smallest absolute Gasteiger partial charge is 0.272 e. The van der Waals surface area contributed by atoms with Gasteiger partial charge in [-0.3, -0.25) is 8.98 Å². The van der Waals surface area contributed by atoms with Gasteiger partial charge in [0.1, 0.15) is 11.9 Å². The maximum Gasteiger partial charge on any atom is 0.272 e. The molecule has 0 saturated heterocycles. The van der Waals surface area contributed by atoms with E-state index < -0.39 is 16.2 Å². The Bertz CT molecular complexity index is 507. The Morgan fingerprint density at radius 3 is 2.56 bits per heavy atom. The number of Topliss-reactive ketones (excluding diaryl/α,β-unsaturated/α-hetero) is 1. The predicted molar refractivity (Wildman–Crippen MR) is 67.4 cm³/mol. The molecule has 2 rings (SSSR count). The molecule has 18 heavy (non-hydrogen) atoms. The molecule has 1 unspecified atom stereocenters. The van der Waals surface area contributed by atoms with Crippen molar-refractivity contribution in [3.8, 4) is 0 Å². The third-order valence-corrected chi connectivity index (χ3v) is 4.16. The highest BCUT2D eigenvalue weighted by Crippen LogP contribution is 2.20. The molecule has 98 valence electrons. The fourth-order valence-corrected chi connectivity index (χ4v) is 3.27. The summed E-state index contributed by atoms with van der Waals surface area (Å²) in [6.07, 6.45) is 1.83. The van der Waals surface area contributed by atoms with Crippen LogP contribution < -0.4 is 0 Å². The van der Waals surface area contributed by atoms with Crippen LogP contribution in [0.3, 0.4) is 0 Å². The van der Waals surface area contributed by atoms with Gasteiger partial charge in [-0.1, -0.05) is 30.3 Å². The lowest BCUT2D eigenvalue weighted by molar-refractivity contribution is -0.127. The minimum absolute atomic E-state index is 0.0992. The summed E-state index contributed by atoms with van der Waals surface area (Å²) in [6, 6.07) is 8.82. The Labute approximate surface area is 107 Å². The first-order valence-electron chi connectivity index (χ1n) is 6.04. The van der Waals surface area contributed by atoms with Gasteiger partial charge in [-0.25, -0.2) is 0 Å². The average molecular weight is 268 g/mol. The van der Waals surface area contributed by atoms with Gasteiger partial charge in [0.25, 0.3) is 10.1 Å². The van der Waals surface area contributed by atoms with Crippen LogP contribution in [-0.2, 0) is 24.8 Å². The summed E-state index contributed by atoms with van der Waals surface area (Å²) >= 11 is 0. The molecule has 1 saturated carbocycles. The fraction of sp³-hybridized carbons (Fsp3) is 0.462. The first-order valence-corrected chi connectivity index (χ1v) is 7.62. The van der Waals surface area contributed by atoms with Gasteiger partial charge in [0.2, 0.25) is 0 Å². The predicted octanol–water partition coefficient (Wildman–Crippen LogP) is 2.04. The van der Waals surface area contributed by atoms with E-state index in [0.717, 1.165) is 12.8 Å². The van der Waals surface area contributed by atoms with Crippen LogP contribution in [0.1, 0.15) is 31.2 Å². The molecule has 0 aromatic heterocycles. The van der Waals surface area contributed by atoms with Crippen LogP contribution in [0.5, 0.6) is 0 Å². The van der Waals surface area contributed by atoms with E-state index in [-0.39, 0.29) is 11.5 Å². The number of ketones is 1. The van der Waals surface area contributed by atoms with Crippen LogP contribution in [0.4, 0.5) is 0 Å². The standard InChI is InChI=1S/C13H16O4S/c14-12-8-4-5-9-13(12)17-18(15,16)10-11-6-2-1-3-7-11/h1-3,6-7,13H,4-5,8-10H2. The van der Waals surface area contributed by atoms with Crippen molar-refractivity contribution in [2.45, 2.75) is 37.5 Å². The van der Waals surface area contributed by atoms with Gasteiger partial charge in [0, 0.05) is 6.42 Å². The van der Waals surface area contributed by atoms with Crippen molar-refractivity contribution >= 4 is 15.9 Å². The van der Waals surface area contributed by atoms with Crippen molar-refractivity contribution in [1.82, 2.24) is 0 Å². The summed E-state index contributed by atoms with van der Waals surface area (Å²) in [6.45, 7) is 0. The van der Waals surface area contributed by atoms with Gasteiger partial charge < -0.3 is 0 Å². The van der Waals surface area contributed by atoms with Crippen LogP contribution in [0, 0.1) is 0 Å². The molecule has 0 amide bonds. The lowest BCUT2D eigenvalue weighted by Gasteiger charge is -2.20. The average Bonchev–Trinajstić information content (AvgIpc) is 2.32. The van der Waals surface area contributed by atoms with Gasteiger partial charge >= 0.3 is 0 Å². The number of benzene rings is 1. The van der Waals surface area contributed by atoms with Crippen molar-refractivity contribution < 1.29 is 17.4 Å². The van der Waals surface area contributed by atoms with Crippen molar-refractivity contribution in [3.05, 3.63) is 35.9 Å². The van der Waals surface area contributed by atoms with Crippen LogP contribution in [0.25, 0.3) is 0 Å². The molecule has 1 aliphatic carbocycles. The molecule has 0 heterocycles. The summed E-state index contributed by atoms with van der Waals surface area (Å²) in [5.41, 5.74) is 0.667. The highest BCUT2D eigenvalue weighted by atomic mass is 32.2. The zero-order valence-electron chi connectivity index (χ0n) is 10.0. The lowest BCUT2D eigenvalue weighted by Crippen LogP contribution is -2.30. The highest BCUT2D eigenvalue weighted by molar-refractivity contribution is 7.85. The van der Waals surface area contributed by atoms with Gasteiger partial charge in [-0.05, 0) is 24.8 Å². The van der Waals surface area contributed by atoms with E-state index >= 15 is 0 Å². The Kier molecular flexibility index (Phi) is 4.14. The van der Waals surface area contributed by atoms with E-state index in [4.69, 9.17) is 4.18 Å². The number of hydrogen-bond acceptors (Lipinski definition) is 4. The topological polar surface area (TPSA) is 60.4 Å². The summed E-state index contributed by atoms with van der Waals surface area (Å²) in [7, 11) is -3.69. The molecule has 1 aromatic rings. The van der Waals surface area contributed by atoms with E-state index in [1.54, 1.807) is 24.3 Å². The molecule has 1 fully saturated rings. The number of hydrogen-bond donors (Lipinski definition) is 0. The maximum atomic E-state index is 11.8. The van der Waals surface area contributed by atoms with Crippen molar-refractivity contribution in [2.24, 2.45) is 0 Å². The second-order valence-corrected chi connectivity index (χ2v) is 6.08. The zero-order chi connectivity index (χ0) is 13.0. The maximum absolute atomic E-state index is 11.8. The first kappa shape index (κ1) is 13.2. The molecule has 5 heteroatoms. The zero-order valence-corrected chi connectivity index (χ0v) is 10.9. The molecule has 1 aliphatic rings. The van der Waals surface area contributed by atoms with Crippen molar-refractivity contribution in [3.63, 3.8) is 0 Å². The molecule has 0 aliphatic heterocycles. The molecule has 1 aromatic carbocycles. The van der Waals surface area contributed by atoms with E-state index in [1.807, 2.05) is 6.07 Å². The number of rotatable bonds is 4. The highest BCUT2D eigenvalue weighted by Gasteiger charge is 2.28. The van der Waals surface area contributed by atoms with E-state index in [2.05, 4.69) is 0 Å². The monoisotopic (exact) mass is 268 g/mol. The van der Waals surface area contributed by atoms with Gasteiger partial charge in [0.05, 0.1) is 0 Å². The summed E-state index contributed by atoms with van der Waals surface area (Å²) in [4.78, 5) is 11.5. The molecular formula is C13H16O4S. The van der Waals surface area contributed by atoms with E-state index in [1.165, 1.54) is 0 Å². The minimum atomic E-state index is -3.69. The molecule has 0 bridgehead atoms. The van der Waals surface area contributed by atoms with E-state index in [0.29, 0.717) is 18.4 Å². The molecule has 4 nitrogen and oxygen atoms in total. The van der Waals surface area contributed by atoms with Crippen LogP contribution in [0.15, 0.2) is 30.3 Å². The van der Waals surface area contributed by atoms with E-state index in [9.17, 15) is 13.2 Å². The summed E-state index contributed by atoms with van der Waals surface area (Å²) < 4.78 is 28.7. The largest absolute Gasteiger partial charge is 0.297 e. The molecule has 1 atom stereocenters. The normalized spacial score (nSPS) is 20.9. The van der Waals surface area contributed by atoms with Gasteiger partial charge in [-0.2, -0.15) is 8.42 Å².